The van der Waals surface area contributed by atoms with Crippen molar-refractivity contribution in [1.82, 2.24) is 26.6 Å². The van der Waals surface area contributed by atoms with Gasteiger partial charge in [0.25, 0.3) is 0 Å². The number of alkyl carbamates (subject to hydrolysis) is 1. The van der Waals surface area contributed by atoms with Gasteiger partial charge in [0.05, 0.1) is 13.1 Å². The Morgan fingerprint density at radius 1 is 0.553 bits per heavy atom. The molecule has 3 atom stereocenters. The minimum Gasteiger partial charge on any atom is -0.508 e. The lowest BCUT2D eigenvalue weighted by atomic mass is 10.0. The number of esters is 2. The fourth-order valence-corrected chi connectivity index (χ4v) is 7.56. The second kappa shape index (κ2) is 37.5. The van der Waals surface area contributed by atoms with Gasteiger partial charge in [-0.25, -0.2) is 9.59 Å². The second-order valence-electron chi connectivity index (χ2n) is 19.7. The highest BCUT2D eigenvalue weighted by Gasteiger charge is 2.29. The van der Waals surface area contributed by atoms with E-state index in [1.54, 1.807) is 42.5 Å². The topological polar surface area (TPSA) is 228 Å². The summed E-state index contributed by atoms with van der Waals surface area (Å²) in [6.07, 6.45) is 20.9. The number of ether oxygens (including phenoxy) is 3. The molecule has 0 saturated heterocycles. The van der Waals surface area contributed by atoms with Crippen LogP contribution in [0.4, 0.5) is 4.79 Å². The normalized spacial score (nSPS) is 13.1. The van der Waals surface area contributed by atoms with Gasteiger partial charge in [-0.2, -0.15) is 0 Å². The summed E-state index contributed by atoms with van der Waals surface area (Å²) in [5, 5.41) is 22.2. The molecule has 0 aliphatic heterocycles. The number of phenolic OH excluding ortho intramolecular Hbond substituents is 1. The highest BCUT2D eigenvalue weighted by molar-refractivity contribution is 5.93. The Kier molecular flexibility index (Phi) is 32.0. The molecule has 16 heteroatoms. The number of rotatable bonds is 35. The minimum absolute atomic E-state index is 0.000230. The summed E-state index contributed by atoms with van der Waals surface area (Å²) in [7, 11) is 0. The van der Waals surface area contributed by atoms with Gasteiger partial charge in [0.15, 0.2) is 0 Å². The third kappa shape index (κ3) is 30.8. The summed E-state index contributed by atoms with van der Waals surface area (Å²) in [5.41, 5.74) is 7.92. The molecule has 2 aromatic carbocycles. The van der Waals surface area contributed by atoms with Gasteiger partial charge < -0.3 is 45.9 Å². The molecule has 5 amide bonds. The van der Waals surface area contributed by atoms with E-state index in [2.05, 4.69) is 98.2 Å². The highest BCUT2D eigenvalue weighted by Crippen LogP contribution is 2.16. The van der Waals surface area contributed by atoms with Crippen LogP contribution < -0.4 is 26.6 Å². The van der Waals surface area contributed by atoms with Crippen LogP contribution in [0.5, 0.6) is 5.75 Å². The number of phenols is 1. The summed E-state index contributed by atoms with van der Waals surface area (Å²) in [6, 6.07) is 11.3. The van der Waals surface area contributed by atoms with Crippen molar-refractivity contribution in [3.8, 4) is 5.75 Å². The predicted molar refractivity (Wildman–Crippen MR) is 297 cm³/mol. The molecule has 0 heterocycles. The molecule has 0 spiro atoms. The van der Waals surface area contributed by atoms with Crippen LogP contribution in [-0.4, -0.2) is 91.4 Å². The van der Waals surface area contributed by atoms with E-state index in [4.69, 9.17) is 14.2 Å². The van der Waals surface area contributed by atoms with Gasteiger partial charge in [0.1, 0.15) is 30.5 Å². The molecular weight excluding hydrogens is 967 g/mol. The molecule has 16 nitrogen and oxygen atoms in total. The van der Waals surface area contributed by atoms with Gasteiger partial charge in [-0.3, -0.25) is 24.0 Å². The third-order valence-electron chi connectivity index (χ3n) is 11.9. The molecule has 2 aromatic rings. The van der Waals surface area contributed by atoms with Crippen molar-refractivity contribution < 1.29 is 52.9 Å². The van der Waals surface area contributed by atoms with E-state index in [1.807, 2.05) is 20.8 Å². The molecule has 0 aromatic heterocycles. The summed E-state index contributed by atoms with van der Waals surface area (Å²) in [6.45, 7) is 18.1. The van der Waals surface area contributed by atoms with E-state index in [1.165, 1.54) is 40.5 Å². The lowest BCUT2D eigenvalue weighted by Crippen LogP contribution is -2.55. The van der Waals surface area contributed by atoms with Gasteiger partial charge in [0, 0.05) is 19.3 Å². The van der Waals surface area contributed by atoms with Crippen molar-refractivity contribution in [2.75, 3.05) is 26.5 Å². The number of benzene rings is 2. The van der Waals surface area contributed by atoms with Gasteiger partial charge in [-0.15, -0.1) is 0 Å². The molecule has 0 saturated carbocycles. The quantitative estimate of drug-likeness (QED) is 0.0165. The SMILES string of the molecule is C=CCOC(=O)NC(Cc1ccc(O)cc1)C(=O)NCC(=O)NCC(=O)NC(Cc1ccccc1)C(=O)NC(CC(C)C)C(=O)OCOC(=O)CC/C(C)=C/CC/C(C)=C/CC/C=C(\C)CC/C=C(\C)CCC=C(C)C. The second-order valence-corrected chi connectivity index (χ2v) is 19.7. The molecule has 416 valence electrons. The molecule has 0 radical (unpaired) electrons. The maximum absolute atomic E-state index is 13.8. The largest absolute Gasteiger partial charge is 0.508 e. The Bertz CT molecular complexity index is 2330. The number of hydrogen-bond donors (Lipinski definition) is 6. The molecule has 76 heavy (non-hydrogen) atoms. The first-order chi connectivity index (χ1) is 36.2. The maximum Gasteiger partial charge on any atom is 0.408 e. The summed E-state index contributed by atoms with van der Waals surface area (Å²) >= 11 is 0. The summed E-state index contributed by atoms with van der Waals surface area (Å²) in [4.78, 5) is 91.2. The average molecular weight is 1050 g/mol. The van der Waals surface area contributed by atoms with Crippen molar-refractivity contribution in [2.45, 2.75) is 157 Å². The van der Waals surface area contributed by atoms with Crippen LogP contribution in [-0.2, 0) is 55.8 Å². The molecule has 0 aliphatic carbocycles. The lowest BCUT2D eigenvalue weighted by molar-refractivity contribution is -0.169. The van der Waals surface area contributed by atoms with Crippen LogP contribution in [0.15, 0.2) is 125 Å². The number of carbonyl (C=O) groups is 7. The summed E-state index contributed by atoms with van der Waals surface area (Å²) < 4.78 is 15.5. The van der Waals surface area contributed by atoms with E-state index < -0.39 is 79.7 Å². The molecule has 0 fully saturated rings. The van der Waals surface area contributed by atoms with Crippen LogP contribution >= 0.6 is 0 Å². The van der Waals surface area contributed by atoms with Crippen molar-refractivity contribution in [2.24, 2.45) is 5.92 Å². The molecule has 3 unspecified atom stereocenters. The number of hydrogen-bond acceptors (Lipinski definition) is 11. The zero-order valence-electron chi connectivity index (χ0n) is 46.2. The van der Waals surface area contributed by atoms with Gasteiger partial charge in [-0.1, -0.05) is 127 Å². The first-order valence-electron chi connectivity index (χ1n) is 26.3. The van der Waals surface area contributed by atoms with Gasteiger partial charge in [-0.05, 0) is 135 Å². The van der Waals surface area contributed by atoms with Crippen LogP contribution in [0.1, 0.15) is 137 Å². The number of carbonyl (C=O) groups excluding carboxylic acids is 7. The maximum atomic E-state index is 13.8. The summed E-state index contributed by atoms with van der Waals surface area (Å²) in [5.74, 6) is -4.32. The van der Waals surface area contributed by atoms with Crippen molar-refractivity contribution in [1.29, 1.82) is 0 Å². The standard InChI is InChI=1S/C60H85N5O11/c1-10-35-74-60(73)65-51(38-49-30-32-50(66)33-31-49)57(70)62-39-54(67)61-40-55(68)63-52(37-48-27-12-11-13-28-48)58(71)64-53(36-43(4)5)59(72)76-41-75-56(69)34-29-47(9)26-18-24-45(7)21-15-14-20-44(6)23-17-25-46(8)22-16-19-42(2)3/h10-13,19-21,25-28,30-33,43,51-53,66H,1,14-18,22-24,29,34-41H2,2-9H3,(H,61,67)(H,62,70)(H,63,68)(H,64,71)(H,65,73)/b44-20+,45-21+,46-25+,47-26+. The first kappa shape index (κ1) is 64.9. The van der Waals surface area contributed by atoms with E-state index in [-0.39, 0.29) is 44.0 Å². The molecular formula is C60H85N5O11. The zero-order chi connectivity index (χ0) is 56.3. The van der Waals surface area contributed by atoms with E-state index in [0.29, 0.717) is 17.5 Å². The number of unbranched alkanes of at least 4 members (excludes halogenated alkanes) is 1. The Hall–Kier alpha value is -7.23. The average Bonchev–Trinajstić information content (AvgIpc) is 3.37. The van der Waals surface area contributed by atoms with Crippen molar-refractivity contribution >= 4 is 41.7 Å². The molecule has 0 bridgehead atoms. The first-order valence-corrected chi connectivity index (χ1v) is 26.3. The van der Waals surface area contributed by atoms with Crippen LogP contribution in [0.3, 0.4) is 0 Å². The van der Waals surface area contributed by atoms with Crippen LogP contribution in [0, 0.1) is 5.92 Å². The van der Waals surface area contributed by atoms with Crippen molar-refractivity contribution in [3.05, 3.63) is 137 Å². The zero-order valence-corrected chi connectivity index (χ0v) is 46.2. The van der Waals surface area contributed by atoms with Crippen LogP contribution in [0.2, 0.25) is 0 Å². The highest BCUT2D eigenvalue weighted by atomic mass is 16.7. The smallest absolute Gasteiger partial charge is 0.408 e. The Morgan fingerprint density at radius 3 is 1.64 bits per heavy atom. The van der Waals surface area contributed by atoms with E-state index >= 15 is 0 Å². The minimum atomic E-state index is -1.19. The number of allylic oxidation sites excluding steroid dienone is 10. The van der Waals surface area contributed by atoms with E-state index in [9.17, 15) is 38.7 Å². The number of nitrogens with one attached hydrogen (secondary N) is 5. The van der Waals surface area contributed by atoms with Gasteiger partial charge in [0.2, 0.25) is 30.4 Å². The molecule has 2 rings (SSSR count). The molecule has 6 N–H and O–H groups in total. The Balaban J connectivity index is 1.87. The molecule has 0 aliphatic rings. The van der Waals surface area contributed by atoms with Gasteiger partial charge >= 0.3 is 18.0 Å². The number of aromatic hydroxyl groups is 1. The monoisotopic (exact) mass is 1050 g/mol. The fourth-order valence-electron chi connectivity index (χ4n) is 7.56. The van der Waals surface area contributed by atoms with Crippen LogP contribution in [0.25, 0.3) is 0 Å². The number of amides is 5. The predicted octanol–water partition coefficient (Wildman–Crippen LogP) is 9.40. The Morgan fingerprint density at radius 2 is 1.08 bits per heavy atom. The third-order valence-corrected chi connectivity index (χ3v) is 11.9. The Labute approximate surface area is 451 Å². The van der Waals surface area contributed by atoms with Crippen molar-refractivity contribution in [3.63, 3.8) is 0 Å². The lowest BCUT2D eigenvalue weighted by Gasteiger charge is -2.24. The van der Waals surface area contributed by atoms with E-state index in [0.717, 1.165) is 56.9 Å². The fraction of sp³-hybridized carbons (Fsp3) is 0.483.